The van der Waals surface area contributed by atoms with E-state index in [1.807, 2.05) is 0 Å². The minimum absolute atomic E-state index is 0.0218. The van der Waals surface area contributed by atoms with Gasteiger partial charge in [0.15, 0.2) is 11.4 Å². The summed E-state index contributed by atoms with van der Waals surface area (Å²) in [5.41, 5.74) is -1.68. The molecule has 0 saturated carbocycles. The molecule has 2 atom stereocenters. The van der Waals surface area contributed by atoms with Crippen molar-refractivity contribution in [3.63, 3.8) is 0 Å². The van der Waals surface area contributed by atoms with Gasteiger partial charge in [0.05, 0.1) is 6.04 Å². The summed E-state index contributed by atoms with van der Waals surface area (Å²) in [6, 6.07) is -0.467. The molecule has 13 heavy (non-hydrogen) atoms. The Balaban J connectivity index is 2.84. The molecule has 2 unspecified atom stereocenters. The van der Waals surface area contributed by atoms with Gasteiger partial charge in [-0.3, -0.25) is 4.79 Å². The van der Waals surface area contributed by atoms with Gasteiger partial charge in [0, 0.05) is 0 Å². The summed E-state index contributed by atoms with van der Waals surface area (Å²) >= 11 is 0. The maximum atomic E-state index is 11.6. The normalized spacial score (nSPS) is 33.1. The van der Waals surface area contributed by atoms with E-state index in [0.717, 1.165) is 0 Å². The number of isocyanates is 1. The van der Waals surface area contributed by atoms with E-state index in [-0.39, 0.29) is 5.78 Å². The molecule has 4 nitrogen and oxygen atoms in total. The van der Waals surface area contributed by atoms with Crippen molar-refractivity contribution in [1.82, 2.24) is 0 Å². The number of carbonyl (C=O) groups is 1. The van der Waals surface area contributed by atoms with Crippen molar-refractivity contribution in [1.29, 1.82) is 0 Å². The summed E-state index contributed by atoms with van der Waals surface area (Å²) in [5, 5.41) is 0. The Morgan fingerprint density at radius 1 is 1.46 bits per heavy atom. The Morgan fingerprint density at radius 3 is 2.31 bits per heavy atom. The maximum absolute atomic E-state index is 11.6. The van der Waals surface area contributed by atoms with Crippen LogP contribution in [0.15, 0.2) is 4.99 Å². The van der Waals surface area contributed by atoms with Gasteiger partial charge in [0.25, 0.3) is 0 Å². The highest BCUT2D eigenvalue weighted by atomic mass is 16.6. The lowest BCUT2D eigenvalue weighted by atomic mass is 9.77. The molecule has 0 aromatic rings. The second-order valence-corrected chi connectivity index (χ2v) is 3.94. The van der Waals surface area contributed by atoms with Gasteiger partial charge in [-0.2, -0.15) is 4.99 Å². The molecule has 0 amide bonds. The van der Waals surface area contributed by atoms with E-state index in [1.165, 1.54) is 6.08 Å². The third kappa shape index (κ3) is 1.32. The average Bonchev–Trinajstić information content (AvgIpc) is 2.03. The first-order valence-corrected chi connectivity index (χ1v) is 4.16. The van der Waals surface area contributed by atoms with E-state index < -0.39 is 17.2 Å². The van der Waals surface area contributed by atoms with Gasteiger partial charge in [0.1, 0.15) is 5.60 Å². The predicted molar refractivity (Wildman–Crippen MR) is 46.2 cm³/mol. The van der Waals surface area contributed by atoms with Crippen LogP contribution in [0.3, 0.4) is 0 Å². The molecule has 1 aliphatic heterocycles. The molecule has 0 radical (unpaired) electrons. The van der Waals surface area contributed by atoms with Crippen LogP contribution in [-0.4, -0.2) is 29.1 Å². The molecular formula is C9H13NO3. The molecule has 1 rings (SSSR count). The zero-order valence-corrected chi connectivity index (χ0v) is 8.25. The summed E-state index contributed by atoms with van der Waals surface area (Å²) in [6.45, 7) is 6.72. The fraction of sp³-hybridized carbons (Fsp3) is 0.778. The van der Waals surface area contributed by atoms with E-state index in [2.05, 4.69) is 4.99 Å². The molecule has 1 saturated heterocycles. The molecule has 1 heterocycles. The Kier molecular flexibility index (Phi) is 2.14. The second kappa shape index (κ2) is 2.76. The number of Topliss-reactive ketones (excluding diaryl/α,β-unsaturated/α-hetero) is 1. The van der Waals surface area contributed by atoms with Crippen molar-refractivity contribution in [2.75, 3.05) is 0 Å². The van der Waals surface area contributed by atoms with Crippen molar-refractivity contribution in [3.05, 3.63) is 0 Å². The first-order valence-electron chi connectivity index (χ1n) is 4.16. The molecule has 0 spiro atoms. The molecule has 0 N–H and O–H groups in total. The highest BCUT2D eigenvalue weighted by Crippen LogP contribution is 2.40. The van der Waals surface area contributed by atoms with Gasteiger partial charge in [-0.15, -0.1) is 0 Å². The summed E-state index contributed by atoms with van der Waals surface area (Å²) < 4.78 is 5.42. The summed E-state index contributed by atoms with van der Waals surface area (Å²) in [6.07, 6.45) is 1.43. The molecule has 1 aliphatic rings. The van der Waals surface area contributed by atoms with E-state index in [0.29, 0.717) is 0 Å². The van der Waals surface area contributed by atoms with Gasteiger partial charge in [-0.25, -0.2) is 4.79 Å². The van der Waals surface area contributed by atoms with Crippen LogP contribution in [0.25, 0.3) is 0 Å². The van der Waals surface area contributed by atoms with Gasteiger partial charge in [-0.1, -0.05) is 0 Å². The first kappa shape index (κ1) is 10.1. The van der Waals surface area contributed by atoms with Crippen LogP contribution in [0.1, 0.15) is 27.7 Å². The summed E-state index contributed by atoms with van der Waals surface area (Å²) in [7, 11) is 0. The number of nitrogens with zero attached hydrogens (tertiary/aromatic N) is 1. The molecule has 0 aromatic carbocycles. The minimum atomic E-state index is -0.944. The van der Waals surface area contributed by atoms with Crippen LogP contribution in [0.4, 0.5) is 0 Å². The average molecular weight is 183 g/mol. The predicted octanol–water partition coefficient (Wildman–Crippen LogP) is 0.847. The van der Waals surface area contributed by atoms with Gasteiger partial charge in [-0.05, 0) is 27.7 Å². The van der Waals surface area contributed by atoms with Crippen molar-refractivity contribution in [2.45, 2.75) is 44.9 Å². The lowest BCUT2D eigenvalue weighted by Gasteiger charge is -2.50. The van der Waals surface area contributed by atoms with Crippen LogP contribution in [-0.2, 0) is 14.3 Å². The Labute approximate surface area is 77.0 Å². The fourth-order valence-electron chi connectivity index (χ4n) is 1.65. The standard InChI is InChI=1S/C9H13NO3/c1-6(10-5-11)9(4)7(12)8(2,3)13-9/h6H,1-4H3. The van der Waals surface area contributed by atoms with Crippen LogP contribution in [0.2, 0.25) is 0 Å². The largest absolute Gasteiger partial charge is 0.351 e. The highest BCUT2D eigenvalue weighted by molar-refractivity contribution is 5.99. The Hall–Kier alpha value is -0.990. The van der Waals surface area contributed by atoms with Crippen molar-refractivity contribution >= 4 is 11.9 Å². The molecule has 0 bridgehead atoms. The lowest BCUT2D eigenvalue weighted by Crippen LogP contribution is -2.69. The zero-order valence-electron chi connectivity index (χ0n) is 8.25. The number of hydrogen-bond donors (Lipinski definition) is 0. The molecule has 0 aliphatic carbocycles. The van der Waals surface area contributed by atoms with Crippen LogP contribution >= 0.6 is 0 Å². The zero-order chi connectivity index (χ0) is 10.3. The topological polar surface area (TPSA) is 55.7 Å². The Morgan fingerprint density at radius 2 is 2.00 bits per heavy atom. The van der Waals surface area contributed by atoms with Gasteiger partial charge in [0.2, 0.25) is 6.08 Å². The molecular weight excluding hydrogens is 170 g/mol. The SMILES string of the molecule is CC(N=C=O)C1(C)OC(C)(C)C1=O. The molecule has 0 aromatic heterocycles. The van der Waals surface area contributed by atoms with Crippen molar-refractivity contribution < 1.29 is 14.3 Å². The van der Waals surface area contributed by atoms with E-state index in [1.54, 1.807) is 27.7 Å². The van der Waals surface area contributed by atoms with Crippen molar-refractivity contribution in [3.8, 4) is 0 Å². The quantitative estimate of drug-likeness (QED) is 0.471. The molecule has 72 valence electrons. The van der Waals surface area contributed by atoms with E-state index in [9.17, 15) is 9.59 Å². The number of aliphatic imine (C=N–C) groups is 1. The van der Waals surface area contributed by atoms with Gasteiger partial charge < -0.3 is 4.74 Å². The summed E-state index contributed by atoms with van der Waals surface area (Å²) in [4.78, 5) is 25.1. The van der Waals surface area contributed by atoms with Gasteiger partial charge >= 0.3 is 0 Å². The van der Waals surface area contributed by atoms with E-state index >= 15 is 0 Å². The first-order chi connectivity index (χ1) is 5.84. The second-order valence-electron chi connectivity index (χ2n) is 3.94. The van der Waals surface area contributed by atoms with Crippen LogP contribution in [0, 0.1) is 0 Å². The number of hydrogen-bond acceptors (Lipinski definition) is 4. The minimum Gasteiger partial charge on any atom is -0.351 e. The number of rotatable bonds is 2. The third-order valence-electron chi connectivity index (χ3n) is 2.51. The summed E-state index contributed by atoms with van der Waals surface area (Å²) in [5.74, 6) is -0.0218. The number of ketones is 1. The lowest BCUT2D eigenvalue weighted by molar-refractivity contribution is -0.227. The molecule has 1 fully saturated rings. The Bertz CT molecular complexity index is 291. The van der Waals surface area contributed by atoms with Crippen LogP contribution < -0.4 is 0 Å². The third-order valence-corrected chi connectivity index (χ3v) is 2.51. The highest BCUT2D eigenvalue weighted by Gasteiger charge is 2.60. The maximum Gasteiger partial charge on any atom is 0.235 e. The van der Waals surface area contributed by atoms with E-state index in [4.69, 9.17) is 4.74 Å². The van der Waals surface area contributed by atoms with Crippen LogP contribution in [0.5, 0.6) is 0 Å². The smallest absolute Gasteiger partial charge is 0.235 e. The monoisotopic (exact) mass is 183 g/mol. The van der Waals surface area contributed by atoms with Crippen molar-refractivity contribution in [2.24, 2.45) is 4.99 Å². The number of ether oxygens (including phenoxy) is 1. The fourth-order valence-corrected chi connectivity index (χ4v) is 1.65. The number of carbonyl (C=O) groups excluding carboxylic acids is 2. The molecule has 4 heteroatoms.